The van der Waals surface area contributed by atoms with E-state index in [1.54, 1.807) is 18.8 Å². The molecule has 10 heteroatoms. The van der Waals surface area contributed by atoms with Crippen LogP contribution in [0.2, 0.25) is 0 Å². The molecule has 0 radical (unpaired) electrons. The first-order valence-electron chi connectivity index (χ1n) is 7.74. The number of carbonyl (C=O) groups is 2. The topological polar surface area (TPSA) is 117 Å². The number of halogens is 1. The van der Waals surface area contributed by atoms with Crippen molar-refractivity contribution in [2.45, 2.75) is 39.5 Å². The maximum Gasteiger partial charge on any atom is 0.336 e. The van der Waals surface area contributed by atoms with Crippen molar-refractivity contribution in [2.24, 2.45) is 5.41 Å². The van der Waals surface area contributed by atoms with Gasteiger partial charge in [0, 0.05) is 6.42 Å². The molecule has 9 nitrogen and oxygen atoms in total. The van der Waals surface area contributed by atoms with Crippen molar-refractivity contribution in [3.05, 3.63) is 32.9 Å². The summed E-state index contributed by atoms with van der Waals surface area (Å²) in [6.07, 6.45) is -1.95. The highest BCUT2D eigenvalue weighted by atomic mass is 19.1. The maximum absolute atomic E-state index is 13.5. The summed E-state index contributed by atoms with van der Waals surface area (Å²) in [5.41, 5.74) is -3.53. The van der Waals surface area contributed by atoms with Gasteiger partial charge in [0.15, 0.2) is 6.10 Å². The fraction of sp³-hybridized carbons (Fsp3) is 0.600. The van der Waals surface area contributed by atoms with Gasteiger partial charge in [-0.1, -0.05) is 0 Å². The summed E-state index contributed by atoms with van der Waals surface area (Å²) in [6.45, 7) is 4.79. The minimum Gasteiger partial charge on any atom is -0.465 e. The number of ether oxygens (including phenoxy) is 3. The maximum atomic E-state index is 13.5. The minimum atomic E-state index is -1.43. The van der Waals surface area contributed by atoms with Gasteiger partial charge in [-0.15, -0.1) is 0 Å². The van der Waals surface area contributed by atoms with Crippen molar-refractivity contribution in [1.29, 1.82) is 0 Å². The quantitative estimate of drug-likeness (QED) is 0.742. The standard InChI is InChI=1S/C15H19FN2O7/c1-4-23-12(20)10-15(3,13(21)24-5-2)6-9(25-10)18-7-8(16)11(19)17-14(18)22/h7,9-10H,4-6H2,1-3H3,(H,17,19,22)/t9-,10-,15-/m0/s1. The SMILES string of the molecule is CCOC(=O)[C@@H]1O[C@H](n2cc(F)c(=O)[nH]c2=O)C[C@]1(C)C(=O)OCC. The van der Waals surface area contributed by atoms with E-state index in [-0.39, 0.29) is 19.6 Å². The molecule has 25 heavy (non-hydrogen) atoms. The Bertz CT molecular complexity index is 787. The average Bonchev–Trinajstić information content (AvgIpc) is 2.90. The van der Waals surface area contributed by atoms with Crippen LogP contribution in [0.15, 0.2) is 15.8 Å². The smallest absolute Gasteiger partial charge is 0.336 e. The minimum absolute atomic E-state index is 0.0650. The first-order chi connectivity index (χ1) is 11.7. The Morgan fingerprint density at radius 2 is 2.00 bits per heavy atom. The van der Waals surface area contributed by atoms with Crippen molar-refractivity contribution in [3.8, 4) is 0 Å². The van der Waals surface area contributed by atoms with E-state index in [1.165, 1.54) is 6.92 Å². The van der Waals surface area contributed by atoms with Gasteiger partial charge in [0.05, 0.1) is 19.4 Å². The Kier molecular flexibility index (Phi) is 5.41. The van der Waals surface area contributed by atoms with Gasteiger partial charge < -0.3 is 14.2 Å². The lowest BCUT2D eigenvalue weighted by Gasteiger charge is -2.25. The fourth-order valence-corrected chi connectivity index (χ4v) is 2.68. The molecular weight excluding hydrogens is 339 g/mol. The third kappa shape index (κ3) is 3.48. The lowest BCUT2D eigenvalue weighted by Crippen LogP contribution is -2.43. The molecule has 1 aliphatic heterocycles. The van der Waals surface area contributed by atoms with Gasteiger partial charge in [0.25, 0.3) is 5.56 Å². The van der Waals surface area contributed by atoms with E-state index in [1.807, 2.05) is 0 Å². The molecule has 138 valence electrons. The van der Waals surface area contributed by atoms with Gasteiger partial charge in [0.1, 0.15) is 11.6 Å². The second kappa shape index (κ2) is 7.18. The lowest BCUT2D eigenvalue weighted by atomic mass is 9.82. The Hall–Kier alpha value is -2.49. The fourth-order valence-electron chi connectivity index (χ4n) is 2.68. The van der Waals surface area contributed by atoms with Crippen LogP contribution in [-0.2, 0) is 23.8 Å². The number of rotatable bonds is 5. The molecule has 0 bridgehead atoms. The molecule has 0 amide bonds. The molecule has 2 heterocycles. The van der Waals surface area contributed by atoms with Gasteiger partial charge in [-0.2, -0.15) is 4.39 Å². The number of carbonyl (C=O) groups excluding carboxylic acids is 2. The van der Waals surface area contributed by atoms with E-state index < -0.39 is 46.8 Å². The molecule has 0 saturated carbocycles. The van der Waals surface area contributed by atoms with Crippen LogP contribution in [0.25, 0.3) is 0 Å². The van der Waals surface area contributed by atoms with Crippen LogP contribution in [0.4, 0.5) is 4.39 Å². The number of hydrogen-bond donors (Lipinski definition) is 1. The van der Waals surface area contributed by atoms with E-state index in [4.69, 9.17) is 14.2 Å². The van der Waals surface area contributed by atoms with Gasteiger partial charge >= 0.3 is 17.6 Å². The molecule has 1 saturated heterocycles. The number of nitrogens with one attached hydrogen (secondary N) is 1. The Morgan fingerprint density at radius 1 is 1.36 bits per heavy atom. The summed E-state index contributed by atoms with van der Waals surface area (Å²) in [7, 11) is 0. The summed E-state index contributed by atoms with van der Waals surface area (Å²) in [5, 5.41) is 0. The molecule has 0 aromatic carbocycles. The normalized spacial score (nSPS) is 25.6. The largest absolute Gasteiger partial charge is 0.465 e. The van der Waals surface area contributed by atoms with Gasteiger partial charge in [-0.25, -0.2) is 9.59 Å². The van der Waals surface area contributed by atoms with E-state index in [0.29, 0.717) is 6.20 Å². The van der Waals surface area contributed by atoms with Crippen molar-refractivity contribution >= 4 is 11.9 Å². The zero-order chi connectivity index (χ0) is 18.8. The first kappa shape index (κ1) is 18.8. The Labute approximate surface area is 141 Å². The first-order valence-corrected chi connectivity index (χ1v) is 7.74. The van der Waals surface area contributed by atoms with E-state index in [2.05, 4.69) is 0 Å². The lowest BCUT2D eigenvalue weighted by molar-refractivity contribution is -0.172. The predicted octanol–water partition coefficient (Wildman–Crippen LogP) is 0.0957. The number of aromatic nitrogens is 2. The summed E-state index contributed by atoms with van der Waals surface area (Å²) in [6, 6.07) is 0. The molecule has 1 N–H and O–H groups in total. The van der Waals surface area contributed by atoms with Gasteiger partial charge in [-0.05, 0) is 20.8 Å². The molecule has 1 fully saturated rings. The van der Waals surface area contributed by atoms with Crippen LogP contribution >= 0.6 is 0 Å². The highest BCUT2D eigenvalue weighted by Crippen LogP contribution is 2.44. The third-order valence-corrected chi connectivity index (χ3v) is 3.95. The highest BCUT2D eigenvalue weighted by Gasteiger charge is 2.56. The van der Waals surface area contributed by atoms with Crippen molar-refractivity contribution in [3.63, 3.8) is 0 Å². The van der Waals surface area contributed by atoms with E-state index >= 15 is 0 Å². The molecule has 3 atom stereocenters. The van der Waals surface area contributed by atoms with E-state index in [9.17, 15) is 23.6 Å². The molecule has 0 unspecified atom stereocenters. The predicted molar refractivity (Wildman–Crippen MR) is 81.2 cm³/mol. The van der Waals surface area contributed by atoms with Crippen LogP contribution < -0.4 is 11.2 Å². The van der Waals surface area contributed by atoms with Crippen molar-refractivity contribution < 1.29 is 28.2 Å². The van der Waals surface area contributed by atoms with Crippen LogP contribution in [0.3, 0.4) is 0 Å². The average molecular weight is 358 g/mol. The molecule has 1 aliphatic rings. The third-order valence-electron chi connectivity index (χ3n) is 3.95. The van der Waals surface area contributed by atoms with Crippen molar-refractivity contribution in [2.75, 3.05) is 13.2 Å². The monoisotopic (exact) mass is 358 g/mol. The molecule has 1 aromatic heterocycles. The van der Waals surface area contributed by atoms with Gasteiger partial charge in [-0.3, -0.25) is 19.1 Å². The van der Waals surface area contributed by atoms with Crippen LogP contribution in [0.5, 0.6) is 0 Å². The zero-order valence-electron chi connectivity index (χ0n) is 14.0. The molecule has 0 spiro atoms. The summed E-state index contributed by atoms with van der Waals surface area (Å²) >= 11 is 0. The molecular formula is C15H19FN2O7. The molecule has 1 aromatic rings. The number of esters is 2. The summed E-state index contributed by atoms with van der Waals surface area (Å²) < 4.78 is 29.7. The number of aromatic amines is 1. The van der Waals surface area contributed by atoms with Crippen LogP contribution in [0.1, 0.15) is 33.4 Å². The number of nitrogens with zero attached hydrogens (tertiary/aromatic N) is 1. The Balaban J connectivity index is 2.43. The molecule has 0 aliphatic carbocycles. The number of H-pyrrole nitrogens is 1. The van der Waals surface area contributed by atoms with E-state index in [0.717, 1.165) is 4.57 Å². The highest BCUT2D eigenvalue weighted by molar-refractivity contribution is 5.87. The second-order valence-electron chi connectivity index (χ2n) is 5.71. The second-order valence-corrected chi connectivity index (χ2v) is 5.71. The van der Waals surface area contributed by atoms with Crippen molar-refractivity contribution in [1.82, 2.24) is 9.55 Å². The summed E-state index contributed by atoms with van der Waals surface area (Å²) in [4.78, 5) is 49.4. The van der Waals surface area contributed by atoms with Crippen LogP contribution in [-0.4, -0.2) is 40.8 Å². The number of hydrogen-bond acceptors (Lipinski definition) is 7. The zero-order valence-corrected chi connectivity index (χ0v) is 14.0. The molecule has 2 rings (SSSR count). The van der Waals surface area contributed by atoms with Crippen LogP contribution in [0, 0.1) is 11.2 Å². The Morgan fingerprint density at radius 3 is 2.60 bits per heavy atom. The summed E-state index contributed by atoms with van der Waals surface area (Å²) in [5.74, 6) is -2.69. The van der Waals surface area contributed by atoms with Gasteiger partial charge in [0.2, 0.25) is 5.82 Å².